The minimum Gasteiger partial charge on any atom is -0.462 e. The Morgan fingerprint density at radius 3 is 0.901 bits per heavy atom. The van der Waals surface area contributed by atoms with E-state index >= 15 is 0 Å². The number of carbonyl (C=O) groups excluding carboxylic acids is 3. The molecule has 0 aliphatic heterocycles. The average Bonchev–Trinajstić information content (AvgIpc) is 3.37. The van der Waals surface area contributed by atoms with E-state index in [0.29, 0.717) is 19.3 Å². The first-order chi connectivity index (χ1) is 35.0. The molecular formula is C65H112O6. The number of allylic oxidation sites excluding steroid dienone is 14. The van der Waals surface area contributed by atoms with Gasteiger partial charge in [-0.1, -0.05) is 241 Å². The Bertz CT molecular complexity index is 1370. The zero-order valence-electron chi connectivity index (χ0n) is 46.7. The molecule has 0 fully saturated rings. The molecule has 408 valence electrons. The van der Waals surface area contributed by atoms with Crippen molar-refractivity contribution in [2.24, 2.45) is 0 Å². The van der Waals surface area contributed by atoms with Gasteiger partial charge < -0.3 is 14.2 Å². The first-order valence-corrected chi connectivity index (χ1v) is 30.1. The summed E-state index contributed by atoms with van der Waals surface area (Å²) in [4.78, 5) is 38.2. The predicted molar refractivity (Wildman–Crippen MR) is 307 cm³/mol. The highest BCUT2D eigenvalue weighted by Gasteiger charge is 2.19. The van der Waals surface area contributed by atoms with Gasteiger partial charge >= 0.3 is 17.9 Å². The Morgan fingerprint density at radius 1 is 0.282 bits per heavy atom. The fourth-order valence-corrected chi connectivity index (χ4v) is 8.28. The van der Waals surface area contributed by atoms with Crippen LogP contribution in [0.25, 0.3) is 0 Å². The molecule has 0 unspecified atom stereocenters. The smallest absolute Gasteiger partial charge is 0.306 e. The quantitative estimate of drug-likeness (QED) is 0.0261. The highest BCUT2D eigenvalue weighted by Crippen LogP contribution is 2.15. The van der Waals surface area contributed by atoms with Crippen LogP contribution >= 0.6 is 0 Å². The molecule has 0 aromatic carbocycles. The molecule has 0 bridgehead atoms. The number of hydrogen-bond donors (Lipinski definition) is 0. The predicted octanol–water partition coefficient (Wildman–Crippen LogP) is 20.3. The molecule has 6 heteroatoms. The lowest BCUT2D eigenvalue weighted by atomic mass is 10.0. The topological polar surface area (TPSA) is 78.9 Å². The van der Waals surface area contributed by atoms with Crippen molar-refractivity contribution in [3.63, 3.8) is 0 Å². The lowest BCUT2D eigenvalue weighted by Gasteiger charge is -2.18. The number of hydrogen-bond acceptors (Lipinski definition) is 6. The summed E-state index contributed by atoms with van der Waals surface area (Å²) in [6.07, 6.45) is 77.3. The number of unbranched alkanes of at least 4 members (excludes halogenated alkanes) is 29. The third-order valence-corrected chi connectivity index (χ3v) is 12.8. The molecule has 0 spiro atoms. The summed E-state index contributed by atoms with van der Waals surface area (Å²) in [7, 11) is 0. The first-order valence-electron chi connectivity index (χ1n) is 30.1. The van der Waals surface area contributed by atoms with Crippen LogP contribution in [0.1, 0.15) is 290 Å². The zero-order valence-corrected chi connectivity index (χ0v) is 46.7. The van der Waals surface area contributed by atoms with Gasteiger partial charge in [0.25, 0.3) is 0 Å². The van der Waals surface area contributed by atoms with Crippen LogP contribution in [0, 0.1) is 0 Å². The first kappa shape index (κ1) is 67.6. The fraction of sp³-hybridized carbons (Fsp3) is 0.738. The molecule has 0 aromatic heterocycles. The molecule has 0 aliphatic carbocycles. The minimum atomic E-state index is -0.819. The summed E-state index contributed by atoms with van der Waals surface area (Å²) >= 11 is 0. The third-order valence-electron chi connectivity index (χ3n) is 12.8. The van der Waals surface area contributed by atoms with Crippen LogP contribution in [-0.4, -0.2) is 37.2 Å². The van der Waals surface area contributed by atoms with Crippen molar-refractivity contribution in [2.75, 3.05) is 13.2 Å². The number of ether oxygens (including phenoxy) is 3. The second-order valence-corrected chi connectivity index (χ2v) is 19.9. The van der Waals surface area contributed by atoms with Crippen LogP contribution < -0.4 is 0 Å². The van der Waals surface area contributed by atoms with Crippen molar-refractivity contribution in [1.82, 2.24) is 0 Å². The summed E-state index contributed by atoms with van der Waals surface area (Å²) in [5, 5.41) is 0. The molecule has 6 nitrogen and oxygen atoms in total. The van der Waals surface area contributed by atoms with Gasteiger partial charge in [0.1, 0.15) is 13.2 Å². The molecule has 0 saturated carbocycles. The lowest BCUT2D eigenvalue weighted by Crippen LogP contribution is -2.30. The molecule has 0 amide bonds. The summed E-state index contributed by atoms with van der Waals surface area (Å²) in [5.74, 6) is -0.995. The molecule has 0 radical (unpaired) electrons. The van der Waals surface area contributed by atoms with Crippen LogP contribution in [0.4, 0.5) is 0 Å². The van der Waals surface area contributed by atoms with Crippen molar-refractivity contribution in [2.45, 2.75) is 297 Å². The van der Waals surface area contributed by atoms with Crippen LogP contribution in [-0.2, 0) is 28.6 Å². The van der Waals surface area contributed by atoms with E-state index in [1.807, 2.05) is 0 Å². The van der Waals surface area contributed by atoms with Gasteiger partial charge in [-0.3, -0.25) is 14.4 Å². The van der Waals surface area contributed by atoms with Gasteiger partial charge in [0.15, 0.2) is 6.10 Å². The van der Waals surface area contributed by atoms with Crippen molar-refractivity contribution < 1.29 is 28.6 Å². The van der Waals surface area contributed by atoms with E-state index in [0.717, 1.165) is 70.6 Å². The Labute approximate surface area is 439 Å². The molecule has 0 saturated heterocycles. The highest BCUT2D eigenvalue weighted by molar-refractivity contribution is 5.71. The van der Waals surface area contributed by atoms with Crippen molar-refractivity contribution in [3.8, 4) is 0 Å². The van der Waals surface area contributed by atoms with E-state index in [2.05, 4.69) is 106 Å². The largest absolute Gasteiger partial charge is 0.462 e. The third kappa shape index (κ3) is 57.4. The monoisotopic (exact) mass is 989 g/mol. The SMILES string of the molecule is CCCCC/C=C\C/C=C\C/C=C\CCCCC(=O)OC[C@H](COC(=O)CCCCCCCCCCCCC/C=C\CCCCCCCC)OC(=O)CCC/C=C\C/C=C\C/C=C\CCCCCCCC. The van der Waals surface area contributed by atoms with Gasteiger partial charge in [0, 0.05) is 19.3 Å². The van der Waals surface area contributed by atoms with Crippen molar-refractivity contribution >= 4 is 17.9 Å². The van der Waals surface area contributed by atoms with Gasteiger partial charge in [-0.25, -0.2) is 0 Å². The maximum absolute atomic E-state index is 12.8. The lowest BCUT2D eigenvalue weighted by molar-refractivity contribution is -0.167. The van der Waals surface area contributed by atoms with Gasteiger partial charge in [-0.15, -0.1) is 0 Å². The molecule has 71 heavy (non-hydrogen) atoms. The van der Waals surface area contributed by atoms with Crippen LogP contribution in [0.5, 0.6) is 0 Å². The van der Waals surface area contributed by atoms with Crippen LogP contribution in [0.2, 0.25) is 0 Å². The minimum absolute atomic E-state index is 0.108. The Balaban J connectivity index is 4.46. The number of rotatable bonds is 54. The molecule has 0 rings (SSSR count). The molecular weight excluding hydrogens is 877 g/mol. The average molecular weight is 990 g/mol. The summed E-state index contributed by atoms with van der Waals surface area (Å²) in [6.45, 7) is 6.54. The van der Waals surface area contributed by atoms with Crippen LogP contribution in [0.15, 0.2) is 85.1 Å². The Morgan fingerprint density at radius 2 is 0.521 bits per heavy atom. The summed E-state index contributed by atoms with van der Waals surface area (Å²) in [5.41, 5.74) is 0. The molecule has 0 heterocycles. The van der Waals surface area contributed by atoms with E-state index in [4.69, 9.17) is 14.2 Å². The summed E-state index contributed by atoms with van der Waals surface area (Å²) in [6, 6.07) is 0. The highest BCUT2D eigenvalue weighted by atomic mass is 16.6. The zero-order chi connectivity index (χ0) is 51.4. The van der Waals surface area contributed by atoms with E-state index in [1.54, 1.807) is 0 Å². The summed E-state index contributed by atoms with van der Waals surface area (Å²) < 4.78 is 16.8. The number of carbonyl (C=O) groups is 3. The van der Waals surface area contributed by atoms with Gasteiger partial charge in [0.05, 0.1) is 0 Å². The van der Waals surface area contributed by atoms with Gasteiger partial charge in [0.2, 0.25) is 0 Å². The van der Waals surface area contributed by atoms with E-state index in [-0.39, 0.29) is 37.5 Å². The number of esters is 3. The second-order valence-electron chi connectivity index (χ2n) is 19.9. The molecule has 0 N–H and O–H groups in total. The van der Waals surface area contributed by atoms with E-state index in [9.17, 15) is 14.4 Å². The van der Waals surface area contributed by atoms with Gasteiger partial charge in [-0.2, -0.15) is 0 Å². The normalized spacial score (nSPS) is 12.7. The standard InChI is InChI=1S/C65H112O6/c1-4-7-10-13-16-19-22-25-28-30-31-32-33-35-37-40-43-46-49-52-55-58-64(67)70-61-62(60-69-63(66)57-54-51-48-45-42-39-36-27-24-21-18-15-12-9-6-3)71-65(68)59-56-53-50-47-44-41-38-34-29-26-23-20-17-14-11-8-5-2/h18,21,25-29,36,38,41-42,45,47,50,62H,4-17,19-20,22-24,30-35,37,39-40,43-44,46,48-49,51-61H2,1-3H3/b21-18-,28-25-,29-26-,36-27-,41-38-,45-42-,50-47-/t62-/m1/s1. The Hall–Kier alpha value is -3.41. The van der Waals surface area contributed by atoms with Gasteiger partial charge in [-0.05, 0) is 116 Å². The van der Waals surface area contributed by atoms with Crippen molar-refractivity contribution in [1.29, 1.82) is 0 Å². The van der Waals surface area contributed by atoms with E-state index in [1.165, 1.54) is 173 Å². The van der Waals surface area contributed by atoms with Crippen LogP contribution in [0.3, 0.4) is 0 Å². The second kappa shape index (κ2) is 59.2. The maximum Gasteiger partial charge on any atom is 0.306 e. The molecule has 0 aliphatic rings. The maximum atomic E-state index is 12.8. The van der Waals surface area contributed by atoms with E-state index < -0.39 is 6.10 Å². The van der Waals surface area contributed by atoms with Crippen molar-refractivity contribution in [3.05, 3.63) is 85.1 Å². The fourth-order valence-electron chi connectivity index (χ4n) is 8.28. The molecule has 0 aromatic rings. The molecule has 1 atom stereocenters. The Kier molecular flexibility index (Phi) is 56.3.